The number of rotatable bonds is 4. The summed E-state index contributed by atoms with van der Waals surface area (Å²) in [6, 6.07) is 4.52. The van der Waals surface area contributed by atoms with E-state index in [-0.39, 0.29) is 11.3 Å². The molecule has 0 fully saturated rings. The van der Waals surface area contributed by atoms with E-state index in [1.54, 1.807) is 6.07 Å². The van der Waals surface area contributed by atoms with Gasteiger partial charge < -0.3 is 15.6 Å². The number of nitrogens with two attached hydrogens (primary N) is 1. The second-order valence-electron chi connectivity index (χ2n) is 3.73. The van der Waals surface area contributed by atoms with Crippen LogP contribution in [0.3, 0.4) is 0 Å². The number of hydrogen-bond acceptors (Lipinski definition) is 5. The van der Waals surface area contributed by atoms with E-state index in [9.17, 15) is 4.79 Å². The van der Waals surface area contributed by atoms with Gasteiger partial charge in [-0.15, -0.1) is 11.3 Å². The van der Waals surface area contributed by atoms with Crippen molar-refractivity contribution in [2.75, 3.05) is 5.73 Å². The zero-order valence-electron chi connectivity index (χ0n) is 9.71. The number of aromatic nitrogens is 1. The number of ether oxygens (including phenoxy) is 1. The number of benzene rings is 1. The van der Waals surface area contributed by atoms with Gasteiger partial charge in [-0.2, -0.15) is 0 Å². The lowest BCUT2D eigenvalue weighted by Crippen LogP contribution is -2.03. The van der Waals surface area contributed by atoms with Crippen LogP contribution in [-0.2, 0) is 6.61 Å². The molecule has 0 atom stereocenters. The van der Waals surface area contributed by atoms with E-state index in [0.29, 0.717) is 12.4 Å². The van der Waals surface area contributed by atoms with Crippen molar-refractivity contribution < 1.29 is 14.6 Å². The highest BCUT2D eigenvalue weighted by Crippen LogP contribution is 2.21. The van der Waals surface area contributed by atoms with Gasteiger partial charge in [0, 0.05) is 22.8 Å². The zero-order valence-corrected chi connectivity index (χ0v) is 10.5. The van der Waals surface area contributed by atoms with E-state index >= 15 is 0 Å². The van der Waals surface area contributed by atoms with Crippen LogP contribution in [0.15, 0.2) is 23.6 Å². The van der Waals surface area contributed by atoms with Crippen LogP contribution in [-0.4, -0.2) is 16.1 Å². The number of aryl methyl sites for hydroxylation is 1. The Hall–Kier alpha value is -2.08. The van der Waals surface area contributed by atoms with Crippen LogP contribution in [0.4, 0.5) is 5.69 Å². The highest BCUT2D eigenvalue weighted by molar-refractivity contribution is 7.09. The molecule has 18 heavy (non-hydrogen) atoms. The normalized spacial score (nSPS) is 10.3. The summed E-state index contributed by atoms with van der Waals surface area (Å²) in [5.74, 6) is -0.514. The van der Waals surface area contributed by atoms with Crippen molar-refractivity contribution in [2.24, 2.45) is 0 Å². The van der Waals surface area contributed by atoms with Crippen molar-refractivity contribution in [2.45, 2.75) is 13.5 Å². The van der Waals surface area contributed by atoms with Gasteiger partial charge in [0.1, 0.15) is 17.4 Å². The molecule has 1 heterocycles. The molecule has 0 aliphatic carbocycles. The average molecular weight is 264 g/mol. The first kappa shape index (κ1) is 12.4. The Morgan fingerprint density at radius 2 is 2.33 bits per heavy atom. The van der Waals surface area contributed by atoms with Gasteiger partial charge in [-0.25, -0.2) is 9.78 Å². The van der Waals surface area contributed by atoms with Crippen molar-refractivity contribution in [3.8, 4) is 5.75 Å². The number of carboxylic acid groups (broad SMARTS) is 1. The van der Waals surface area contributed by atoms with Crippen molar-refractivity contribution in [1.29, 1.82) is 0 Å². The number of nitrogen functional groups attached to an aromatic ring is 1. The smallest absolute Gasteiger partial charge is 0.337 e. The van der Waals surface area contributed by atoms with Crippen molar-refractivity contribution in [3.05, 3.63) is 39.8 Å². The Morgan fingerprint density at radius 3 is 2.89 bits per heavy atom. The molecular weight excluding hydrogens is 252 g/mol. The summed E-state index contributed by atoms with van der Waals surface area (Å²) in [5.41, 5.74) is 6.85. The fourth-order valence-electron chi connectivity index (χ4n) is 1.44. The van der Waals surface area contributed by atoms with Crippen LogP contribution in [0.2, 0.25) is 0 Å². The number of nitrogens with zero attached hydrogens (tertiary/aromatic N) is 1. The maximum Gasteiger partial charge on any atom is 0.337 e. The molecule has 0 saturated carbocycles. The van der Waals surface area contributed by atoms with Crippen LogP contribution in [0.1, 0.15) is 21.1 Å². The van der Waals surface area contributed by atoms with Gasteiger partial charge in [-0.3, -0.25) is 0 Å². The Labute approximate surface area is 108 Å². The molecule has 94 valence electrons. The van der Waals surface area contributed by atoms with Crippen LogP contribution in [0.25, 0.3) is 0 Å². The Bertz CT molecular complexity index is 580. The third kappa shape index (κ3) is 2.78. The predicted molar refractivity (Wildman–Crippen MR) is 69.0 cm³/mol. The van der Waals surface area contributed by atoms with E-state index in [1.165, 1.54) is 23.5 Å². The van der Waals surface area contributed by atoms with Gasteiger partial charge in [0.15, 0.2) is 0 Å². The van der Waals surface area contributed by atoms with Crippen molar-refractivity contribution in [3.63, 3.8) is 0 Å². The molecule has 6 heteroatoms. The first-order valence-electron chi connectivity index (χ1n) is 5.23. The molecule has 0 aliphatic heterocycles. The minimum absolute atomic E-state index is 0.0763. The van der Waals surface area contributed by atoms with Crippen LogP contribution >= 0.6 is 11.3 Å². The Morgan fingerprint density at radius 1 is 1.56 bits per heavy atom. The topological polar surface area (TPSA) is 85.4 Å². The van der Waals surface area contributed by atoms with Gasteiger partial charge in [-0.05, 0) is 19.1 Å². The van der Waals surface area contributed by atoms with Gasteiger partial charge >= 0.3 is 5.97 Å². The van der Waals surface area contributed by atoms with Gasteiger partial charge in [-0.1, -0.05) is 0 Å². The molecule has 3 N–H and O–H groups in total. The molecule has 1 aromatic heterocycles. The summed E-state index contributed by atoms with van der Waals surface area (Å²) in [4.78, 5) is 15.0. The molecule has 1 aromatic carbocycles. The quantitative estimate of drug-likeness (QED) is 0.828. The molecule has 0 unspecified atom stereocenters. The number of anilines is 1. The lowest BCUT2D eigenvalue weighted by atomic mass is 10.2. The minimum Gasteiger partial charge on any atom is -0.486 e. The van der Waals surface area contributed by atoms with E-state index in [0.717, 1.165) is 10.7 Å². The largest absolute Gasteiger partial charge is 0.486 e. The van der Waals surface area contributed by atoms with Gasteiger partial charge in [0.2, 0.25) is 0 Å². The number of aromatic carboxylic acids is 1. The molecule has 0 saturated heterocycles. The van der Waals surface area contributed by atoms with E-state index in [4.69, 9.17) is 15.6 Å². The summed E-state index contributed by atoms with van der Waals surface area (Å²) in [7, 11) is 0. The summed E-state index contributed by atoms with van der Waals surface area (Å²) >= 11 is 1.52. The molecule has 0 aliphatic rings. The third-order valence-corrected chi connectivity index (χ3v) is 3.22. The summed E-state index contributed by atoms with van der Waals surface area (Å²) in [6.45, 7) is 2.27. The summed E-state index contributed by atoms with van der Waals surface area (Å²) in [5, 5.41) is 11.7. The fourth-order valence-corrected chi connectivity index (χ4v) is 2.12. The molecule has 0 bridgehead atoms. The van der Waals surface area contributed by atoms with Gasteiger partial charge in [0.25, 0.3) is 0 Å². The maximum absolute atomic E-state index is 10.8. The number of carbonyl (C=O) groups is 1. The number of hydrogen-bond donors (Lipinski definition) is 2. The highest BCUT2D eigenvalue weighted by atomic mass is 32.1. The van der Waals surface area contributed by atoms with Crippen LogP contribution in [0.5, 0.6) is 5.75 Å². The second kappa shape index (κ2) is 5.05. The van der Waals surface area contributed by atoms with E-state index in [1.807, 2.05) is 12.3 Å². The Balaban J connectivity index is 2.06. The molecular formula is C12H12N2O3S. The zero-order chi connectivity index (χ0) is 13.1. The average Bonchev–Trinajstić information content (AvgIpc) is 2.72. The minimum atomic E-state index is -1.05. The number of carboxylic acids is 1. The lowest BCUT2D eigenvalue weighted by molar-refractivity contribution is 0.0698. The molecule has 0 spiro atoms. The number of thiazole rings is 1. The highest BCUT2D eigenvalue weighted by Gasteiger charge is 2.08. The summed E-state index contributed by atoms with van der Waals surface area (Å²) < 4.78 is 5.50. The molecule has 5 nitrogen and oxygen atoms in total. The predicted octanol–water partition coefficient (Wildman–Crippen LogP) is 2.31. The molecule has 0 amide bonds. The molecule has 0 radical (unpaired) electrons. The standard InChI is InChI=1S/C12H12N2O3S/c1-7-6-18-11(14-7)5-17-8-2-3-9(12(15)16)10(13)4-8/h2-4,6H,5,13H2,1H3,(H,15,16). The first-order chi connectivity index (χ1) is 8.56. The van der Waals surface area contributed by atoms with E-state index in [2.05, 4.69) is 4.98 Å². The van der Waals surface area contributed by atoms with E-state index < -0.39 is 5.97 Å². The SMILES string of the molecule is Cc1csc(COc2ccc(C(=O)O)c(N)c2)n1. The maximum atomic E-state index is 10.8. The first-order valence-corrected chi connectivity index (χ1v) is 6.11. The fraction of sp³-hybridized carbons (Fsp3) is 0.167. The lowest BCUT2D eigenvalue weighted by Gasteiger charge is -2.06. The third-order valence-electron chi connectivity index (χ3n) is 2.28. The molecule has 2 rings (SSSR count). The van der Waals surface area contributed by atoms with Crippen molar-refractivity contribution >= 4 is 23.0 Å². The van der Waals surface area contributed by atoms with Crippen molar-refractivity contribution in [1.82, 2.24) is 4.98 Å². The molecule has 2 aromatic rings. The van der Waals surface area contributed by atoms with Crippen LogP contribution < -0.4 is 10.5 Å². The monoisotopic (exact) mass is 264 g/mol. The Kier molecular flexibility index (Phi) is 3.47. The second-order valence-corrected chi connectivity index (χ2v) is 4.67. The van der Waals surface area contributed by atoms with Crippen LogP contribution in [0, 0.1) is 6.92 Å². The summed E-state index contributed by atoms with van der Waals surface area (Å²) in [6.07, 6.45) is 0. The van der Waals surface area contributed by atoms with Gasteiger partial charge in [0.05, 0.1) is 5.56 Å².